The lowest BCUT2D eigenvalue weighted by Gasteiger charge is -2.10. The summed E-state index contributed by atoms with van der Waals surface area (Å²) in [6, 6.07) is 16.8. The third-order valence-electron chi connectivity index (χ3n) is 5.19. The zero-order valence-electron chi connectivity index (χ0n) is 21.1. The monoisotopic (exact) mass is 572 g/mol. The van der Waals surface area contributed by atoms with E-state index in [0.717, 1.165) is 5.56 Å². The van der Waals surface area contributed by atoms with Crippen molar-refractivity contribution in [3.63, 3.8) is 0 Å². The quantitative estimate of drug-likeness (QED) is 0.182. The molecule has 3 N–H and O–H groups in total. The molecular weight excluding hydrogens is 547 g/mol. The van der Waals surface area contributed by atoms with Crippen LogP contribution in [0.3, 0.4) is 0 Å². The van der Waals surface area contributed by atoms with Crippen molar-refractivity contribution in [2.24, 2.45) is 5.10 Å². The first kappa shape index (κ1) is 29.3. The number of hydrogen-bond donors (Lipinski definition) is 3. The Balaban J connectivity index is 1.38. The summed E-state index contributed by atoms with van der Waals surface area (Å²) in [6.07, 6.45) is 1.86. The summed E-state index contributed by atoms with van der Waals surface area (Å²) in [6.45, 7) is 0.0310. The highest BCUT2D eigenvalue weighted by atomic mass is 35.5. The third-order valence-corrected chi connectivity index (χ3v) is 5.93. The molecule has 39 heavy (non-hydrogen) atoms. The molecule has 0 unspecified atom stereocenters. The minimum atomic E-state index is -0.897. The molecule has 0 aliphatic rings. The smallest absolute Gasteiger partial charge is 0.329 e. The second-order valence-corrected chi connectivity index (χ2v) is 8.74. The van der Waals surface area contributed by atoms with Crippen LogP contribution >= 0.6 is 23.2 Å². The first-order valence-electron chi connectivity index (χ1n) is 11.6. The molecule has 0 bridgehead atoms. The van der Waals surface area contributed by atoms with Gasteiger partial charge in [-0.05, 0) is 72.1 Å². The first-order valence-corrected chi connectivity index (χ1v) is 12.3. The lowest BCUT2D eigenvalue weighted by atomic mass is 10.1. The van der Waals surface area contributed by atoms with Gasteiger partial charge < -0.3 is 24.8 Å². The second kappa shape index (κ2) is 14.6. The standard InChI is InChI=1S/C27H26Cl2N4O6/c1-37-23-10-5-17(13-24(23)38-2)11-12-30-26(35)27(36)33-31-15-18-3-7-20(8-4-18)39-16-25(34)32-19-6-9-21(28)22(29)14-19/h3-10,13-15H,11-12,16H2,1-2H3,(H,30,35)(H,32,34)(H,33,36)/b31-15-. The number of halogens is 2. The topological polar surface area (TPSA) is 127 Å². The lowest BCUT2D eigenvalue weighted by Crippen LogP contribution is -2.38. The summed E-state index contributed by atoms with van der Waals surface area (Å²) in [5.74, 6) is -0.438. The Morgan fingerprint density at radius 3 is 2.31 bits per heavy atom. The minimum Gasteiger partial charge on any atom is -0.493 e. The average Bonchev–Trinajstić information content (AvgIpc) is 2.94. The largest absolute Gasteiger partial charge is 0.493 e. The van der Waals surface area contributed by atoms with Gasteiger partial charge in [-0.25, -0.2) is 5.43 Å². The number of benzene rings is 3. The van der Waals surface area contributed by atoms with Gasteiger partial charge in [-0.1, -0.05) is 29.3 Å². The number of amides is 3. The number of carbonyl (C=O) groups excluding carboxylic acids is 3. The predicted octanol–water partition coefficient (Wildman–Crippen LogP) is 3.84. The van der Waals surface area contributed by atoms with E-state index in [0.29, 0.717) is 45.0 Å². The Hall–Kier alpha value is -4.28. The van der Waals surface area contributed by atoms with Gasteiger partial charge >= 0.3 is 11.8 Å². The summed E-state index contributed by atoms with van der Waals surface area (Å²) in [7, 11) is 3.09. The van der Waals surface area contributed by atoms with Crippen molar-refractivity contribution in [3.05, 3.63) is 81.8 Å². The van der Waals surface area contributed by atoms with Crippen LogP contribution in [0.4, 0.5) is 5.69 Å². The highest BCUT2D eigenvalue weighted by Crippen LogP contribution is 2.27. The maximum atomic E-state index is 12.1. The normalized spacial score (nSPS) is 10.6. The zero-order chi connectivity index (χ0) is 28.2. The summed E-state index contributed by atoms with van der Waals surface area (Å²) in [5.41, 5.74) is 4.22. The minimum absolute atomic E-state index is 0.217. The Kier molecular flexibility index (Phi) is 11.0. The van der Waals surface area contributed by atoms with E-state index in [9.17, 15) is 14.4 Å². The van der Waals surface area contributed by atoms with Crippen LogP contribution in [0.2, 0.25) is 10.0 Å². The highest BCUT2D eigenvalue weighted by Gasteiger charge is 2.12. The van der Waals surface area contributed by atoms with Gasteiger partial charge in [-0.2, -0.15) is 5.10 Å². The van der Waals surface area contributed by atoms with Gasteiger partial charge in [0.15, 0.2) is 18.1 Å². The fraction of sp³-hybridized carbons (Fsp3) is 0.185. The van der Waals surface area contributed by atoms with Crippen LogP contribution in [0.5, 0.6) is 17.2 Å². The SMILES string of the molecule is COc1ccc(CCNC(=O)C(=O)N/N=C\c2ccc(OCC(=O)Nc3ccc(Cl)c(Cl)c3)cc2)cc1OC. The molecule has 0 aliphatic carbocycles. The number of nitrogens with one attached hydrogen (secondary N) is 3. The molecule has 12 heteroatoms. The Morgan fingerprint density at radius 1 is 0.872 bits per heavy atom. The van der Waals surface area contributed by atoms with Crippen molar-refractivity contribution < 1.29 is 28.6 Å². The van der Waals surface area contributed by atoms with Gasteiger partial charge in [-0.15, -0.1) is 0 Å². The summed E-state index contributed by atoms with van der Waals surface area (Å²) < 4.78 is 15.9. The maximum absolute atomic E-state index is 12.1. The van der Waals surface area contributed by atoms with Crippen molar-refractivity contribution in [2.75, 3.05) is 32.7 Å². The van der Waals surface area contributed by atoms with E-state index in [4.69, 9.17) is 37.4 Å². The zero-order valence-corrected chi connectivity index (χ0v) is 22.6. The Labute approximate surface area is 235 Å². The van der Waals surface area contributed by atoms with Gasteiger partial charge in [0.25, 0.3) is 5.91 Å². The van der Waals surface area contributed by atoms with E-state index in [1.807, 2.05) is 6.07 Å². The molecule has 204 valence electrons. The molecule has 0 saturated carbocycles. The summed E-state index contributed by atoms with van der Waals surface area (Å²) in [5, 5.41) is 9.71. The predicted molar refractivity (Wildman–Crippen MR) is 149 cm³/mol. The van der Waals surface area contributed by atoms with Crippen molar-refractivity contribution >= 4 is 52.8 Å². The third kappa shape index (κ3) is 9.20. The molecule has 0 saturated heterocycles. The number of ether oxygens (including phenoxy) is 3. The molecule has 3 aromatic carbocycles. The highest BCUT2D eigenvalue weighted by molar-refractivity contribution is 6.42. The molecule has 0 heterocycles. The van der Waals surface area contributed by atoms with E-state index in [-0.39, 0.29) is 19.1 Å². The van der Waals surface area contributed by atoms with Crippen LogP contribution in [0, 0.1) is 0 Å². The maximum Gasteiger partial charge on any atom is 0.329 e. The van der Waals surface area contributed by atoms with Gasteiger partial charge in [0.2, 0.25) is 0 Å². The van der Waals surface area contributed by atoms with Gasteiger partial charge in [0, 0.05) is 12.2 Å². The molecule has 10 nitrogen and oxygen atoms in total. The number of hydrazone groups is 1. The average molecular weight is 573 g/mol. The molecular formula is C27H26Cl2N4O6. The number of anilines is 1. The molecule has 0 radical (unpaired) electrons. The van der Waals surface area contributed by atoms with Crippen LogP contribution in [0.15, 0.2) is 65.8 Å². The molecule has 0 atom stereocenters. The number of nitrogens with zero attached hydrogens (tertiary/aromatic N) is 1. The van der Waals surface area contributed by atoms with Crippen LogP contribution in [-0.4, -0.2) is 51.3 Å². The van der Waals surface area contributed by atoms with Crippen LogP contribution in [0.1, 0.15) is 11.1 Å². The van der Waals surface area contributed by atoms with Gasteiger partial charge in [0.05, 0.1) is 30.5 Å². The summed E-state index contributed by atoms with van der Waals surface area (Å²) >= 11 is 11.8. The van der Waals surface area contributed by atoms with Crippen LogP contribution < -0.4 is 30.3 Å². The van der Waals surface area contributed by atoms with Crippen LogP contribution in [0.25, 0.3) is 0 Å². The molecule has 0 aliphatic heterocycles. The van der Waals surface area contributed by atoms with E-state index < -0.39 is 11.8 Å². The number of rotatable bonds is 11. The number of carbonyl (C=O) groups is 3. The number of methoxy groups -OCH3 is 2. The van der Waals surface area contributed by atoms with E-state index >= 15 is 0 Å². The van der Waals surface area contributed by atoms with E-state index in [2.05, 4.69) is 21.2 Å². The molecule has 3 amide bonds. The number of hydrogen-bond acceptors (Lipinski definition) is 7. The van der Waals surface area contributed by atoms with Crippen molar-refractivity contribution in [1.82, 2.24) is 10.7 Å². The second-order valence-electron chi connectivity index (χ2n) is 7.93. The van der Waals surface area contributed by atoms with Crippen molar-refractivity contribution in [3.8, 4) is 17.2 Å². The van der Waals surface area contributed by atoms with Crippen LogP contribution in [-0.2, 0) is 20.8 Å². The van der Waals surface area contributed by atoms with Gasteiger partial charge in [-0.3, -0.25) is 14.4 Å². The molecule has 3 rings (SSSR count). The Bertz CT molecular complexity index is 1350. The summed E-state index contributed by atoms with van der Waals surface area (Å²) in [4.78, 5) is 36.1. The fourth-order valence-corrected chi connectivity index (χ4v) is 3.52. The Morgan fingerprint density at radius 2 is 1.62 bits per heavy atom. The van der Waals surface area contributed by atoms with Crippen molar-refractivity contribution in [1.29, 1.82) is 0 Å². The first-order chi connectivity index (χ1) is 18.8. The lowest BCUT2D eigenvalue weighted by molar-refractivity contribution is -0.139. The van der Waals surface area contributed by atoms with Gasteiger partial charge in [0.1, 0.15) is 5.75 Å². The molecule has 0 spiro atoms. The van der Waals surface area contributed by atoms with Crippen molar-refractivity contribution in [2.45, 2.75) is 6.42 Å². The van der Waals surface area contributed by atoms with E-state index in [1.54, 1.807) is 68.8 Å². The van der Waals surface area contributed by atoms with E-state index in [1.165, 1.54) is 6.21 Å². The molecule has 0 aromatic heterocycles. The molecule has 3 aromatic rings. The fourth-order valence-electron chi connectivity index (χ4n) is 3.22. The molecule has 0 fully saturated rings.